The number of halogens is 2. The number of nitrogens with zero attached hydrogens (tertiary/aromatic N) is 3. The second-order valence-corrected chi connectivity index (χ2v) is 7.28. The Labute approximate surface area is 166 Å². The van der Waals surface area contributed by atoms with Gasteiger partial charge >= 0.3 is 0 Å². The van der Waals surface area contributed by atoms with Crippen LogP contribution >= 0.6 is 35.0 Å². The Hall–Kier alpha value is -2.08. The Morgan fingerprint density at radius 1 is 0.962 bits per heavy atom. The normalized spacial score (nSPS) is 11.0. The molecule has 0 aliphatic carbocycles. The molecule has 1 N–H and O–H groups in total. The number of hydrogen-bond acceptors (Lipinski definition) is 5. The summed E-state index contributed by atoms with van der Waals surface area (Å²) in [6, 6.07) is 15.2. The van der Waals surface area contributed by atoms with E-state index in [1.165, 1.54) is 11.8 Å². The molecule has 0 bridgehead atoms. The van der Waals surface area contributed by atoms with Gasteiger partial charge in [-0.05, 0) is 55.0 Å². The average Bonchev–Trinajstić information content (AvgIpc) is 2.65. The maximum absolute atomic E-state index is 5.91. The molecule has 0 fully saturated rings. The van der Waals surface area contributed by atoms with E-state index in [9.17, 15) is 0 Å². The smallest absolute Gasteiger partial charge is 0.209 e. The third-order valence-corrected chi connectivity index (χ3v) is 4.90. The third kappa shape index (κ3) is 5.46. The molecule has 26 heavy (non-hydrogen) atoms. The summed E-state index contributed by atoms with van der Waals surface area (Å²) in [4.78, 5) is 4.57. The Morgan fingerprint density at radius 3 is 2.31 bits per heavy atom. The van der Waals surface area contributed by atoms with Gasteiger partial charge in [0.2, 0.25) is 5.16 Å². The summed E-state index contributed by atoms with van der Waals surface area (Å²) in [7, 11) is 0. The fourth-order valence-corrected chi connectivity index (χ4v) is 3.09. The molecule has 3 rings (SSSR count). The molecule has 7 heteroatoms. The Bertz CT molecular complexity index is 896. The minimum absolute atomic E-state index is 0.636. The zero-order valence-corrected chi connectivity index (χ0v) is 16.3. The molecule has 0 spiro atoms. The summed E-state index contributed by atoms with van der Waals surface area (Å²) in [6.45, 7) is 1.88. The quantitative estimate of drug-likeness (QED) is 0.523. The van der Waals surface area contributed by atoms with Gasteiger partial charge in [-0.1, -0.05) is 47.1 Å². The van der Waals surface area contributed by atoms with E-state index < -0.39 is 0 Å². The lowest BCUT2D eigenvalue weighted by atomic mass is 10.2. The van der Waals surface area contributed by atoms with Crippen LogP contribution in [0.1, 0.15) is 17.0 Å². The predicted molar refractivity (Wildman–Crippen MR) is 110 cm³/mol. The molecule has 3 aromatic rings. The SMILES string of the molecule is Cc1nnc(SCc2ccc(Cl)cc2)nc1C=CNc1ccc(Cl)cc1. The molecule has 0 saturated heterocycles. The van der Waals surface area contributed by atoms with Crippen molar-refractivity contribution in [2.45, 2.75) is 17.8 Å². The topological polar surface area (TPSA) is 50.7 Å². The molecule has 0 aliphatic heterocycles. The molecular weight excluding hydrogens is 387 g/mol. The van der Waals surface area contributed by atoms with E-state index in [4.69, 9.17) is 23.2 Å². The summed E-state index contributed by atoms with van der Waals surface area (Å²) >= 11 is 13.3. The zero-order valence-electron chi connectivity index (χ0n) is 14.0. The highest BCUT2D eigenvalue weighted by molar-refractivity contribution is 7.98. The van der Waals surface area contributed by atoms with Gasteiger partial charge in [0.25, 0.3) is 0 Å². The standard InChI is InChI=1S/C19H16Cl2N4S/c1-13-18(10-11-22-17-8-6-16(21)7-9-17)23-19(25-24-13)26-12-14-2-4-15(20)5-3-14/h2-11,22H,12H2,1H3. The van der Waals surface area contributed by atoms with E-state index in [1.807, 2.05) is 67.7 Å². The number of benzene rings is 2. The van der Waals surface area contributed by atoms with Crippen molar-refractivity contribution in [2.24, 2.45) is 0 Å². The number of thioether (sulfide) groups is 1. The third-order valence-electron chi connectivity index (χ3n) is 3.49. The molecule has 0 amide bonds. The Kier molecular flexibility index (Phi) is 6.50. The zero-order chi connectivity index (χ0) is 18.4. The van der Waals surface area contributed by atoms with Gasteiger partial charge in [-0.25, -0.2) is 4.98 Å². The maximum atomic E-state index is 5.91. The first-order valence-electron chi connectivity index (χ1n) is 7.87. The van der Waals surface area contributed by atoms with Crippen LogP contribution in [0.3, 0.4) is 0 Å². The van der Waals surface area contributed by atoms with Crippen LogP contribution in [-0.4, -0.2) is 15.2 Å². The van der Waals surface area contributed by atoms with Crippen LogP contribution in [0.5, 0.6) is 0 Å². The Morgan fingerprint density at radius 2 is 1.62 bits per heavy atom. The lowest BCUT2D eigenvalue weighted by Gasteiger charge is -2.04. The summed E-state index contributed by atoms with van der Waals surface area (Å²) in [5, 5.41) is 13.6. The van der Waals surface area contributed by atoms with Crippen molar-refractivity contribution in [3.8, 4) is 0 Å². The van der Waals surface area contributed by atoms with Crippen molar-refractivity contribution in [1.82, 2.24) is 15.2 Å². The molecule has 0 aliphatic rings. The fourth-order valence-electron chi connectivity index (χ4n) is 2.09. The summed E-state index contributed by atoms with van der Waals surface area (Å²) in [6.07, 6.45) is 3.71. The van der Waals surface area contributed by atoms with Crippen molar-refractivity contribution in [2.75, 3.05) is 5.32 Å². The van der Waals surface area contributed by atoms with Crippen molar-refractivity contribution in [1.29, 1.82) is 0 Å². The first kappa shape index (κ1) is 18.7. The van der Waals surface area contributed by atoms with Gasteiger partial charge < -0.3 is 5.32 Å². The lowest BCUT2D eigenvalue weighted by molar-refractivity contribution is 0.806. The largest absolute Gasteiger partial charge is 0.362 e. The monoisotopic (exact) mass is 402 g/mol. The van der Waals surface area contributed by atoms with Gasteiger partial charge in [0.15, 0.2) is 0 Å². The minimum Gasteiger partial charge on any atom is -0.362 e. The Balaban J connectivity index is 1.64. The molecule has 132 valence electrons. The van der Waals surface area contributed by atoms with Crippen molar-refractivity contribution in [3.63, 3.8) is 0 Å². The average molecular weight is 403 g/mol. The first-order valence-corrected chi connectivity index (χ1v) is 9.61. The number of rotatable bonds is 6. The number of aryl methyl sites for hydroxylation is 1. The van der Waals surface area contributed by atoms with Crippen LogP contribution in [0.4, 0.5) is 5.69 Å². The highest BCUT2D eigenvalue weighted by Gasteiger charge is 2.05. The molecule has 0 radical (unpaired) electrons. The van der Waals surface area contributed by atoms with Gasteiger partial charge in [-0.15, -0.1) is 5.10 Å². The molecule has 0 atom stereocenters. The highest BCUT2D eigenvalue weighted by atomic mass is 35.5. The van der Waals surface area contributed by atoms with Crippen molar-refractivity contribution in [3.05, 3.63) is 81.7 Å². The van der Waals surface area contributed by atoms with E-state index in [0.29, 0.717) is 10.2 Å². The molecule has 0 saturated carbocycles. The summed E-state index contributed by atoms with van der Waals surface area (Å²) in [5.74, 6) is 0.758. The number of hydrogen-bond donors (Lipinski definition) is 1. The van der Waals surface area contributed by atoms with Crippen LogP contribution < -0.4 is 5.32 Å². The van der Waals surface area contributed by atoms with Crippen LogP contribution in [0, 0.1) is 6.92 Å². The fraction of sp³-hybridized carbons (Fsp3) is 0.105. The molecule has 4 nitrogen and oxygen atoms in total. The van der Waals surface area contributed by atoms with E-state index >= 15 is 0 Å². The molecule has 2 aromatic carbocycles. The van der Waals surface area contributed by atoms with Crippen LogP contribution in [0.15, 0.2) is 59.9 Å². The minimum atomic E-state index is 0.636. The van der Waals surface area contributed by atoms with Gasteiger partial charge in [-0.2, -0.15) is 5.10 Å². The van der Waals surface area contributed by atoms with Gasteiger partial charge in [0, 0.05) is 27.7 Å². The van der Waals surface area contributed by atoms with E-state index in [-0.39, 0.29) is 0 Å². The number of aromatic nitrogens is 3. The first-order chi connectivity index (χ1) is 12.6. The van der Waals surface area contributed by atoms with E-state index in [2.05, 4.69) is 20.5 Å². The second kappa shape index (κ2) is 9.03. The van der Waals surface area contributed by atoms with Gasteiger partial charge in [-0.3, -0.25) is 0 Å². The van der Waals surface area contributed by atoms with Gasteiger partial charge in [0.05, 0.1) is 11.4 Å². The maximum Gasteiger partial charge on any atom is 0.209 e. The summed E-state index contributed by atoms with van der Waals surface area (Å²) in [5.41, 5.74) is 3.66. The lowest BCUT2D eigenvalue weighted by Crippen LogP contribution is -1.99. The van der Waals surface area contributed by atoms with Gasteiger partial charge in [0.1, 0.15) is 0 Å². The second-order valence-electron chi connectivity index (χ2n) is 5.46. The van der Waals surface area contributed by atoms with Crippen LogP contribution in [0.2, 0.25) is 10.0 Å². The number of anilines is 1. The number of nitrogens with one attached hydrogen (secondary N) is 1. The van der Waals surface area contributed by atoms with Crippen LogP contribution in [0.25, 0.3) is 6.08 Å². The van der Waals surface area contributed by atoms with E-state index in [1.54, 1.807) is 0 Å². The van der Waals surface area contributed by atoms with Crippen molar-refractivity contribution >= 4 is 46.7 Å². The van der Waals surface area contributed by atoms with Crippen molar-refractivity contribution < 1.29 is 0 Å². The molecule has 1 aromatic heterocycles. The molecular formula is C19H16Cl2N4S. The highest BCUT2D eigenvalue weighted by Crippen LogP contribution is 2.21. The summed E-state index contributed by atoms with van der Waals surface area (Å²) < 4.78 is 0. The molecule has 1 heterocycles. The predicted octanol–water partition coefficient (Wildman–Crippen LogP) is 5.86. The van der Waals surface area contributed by atoms with E-state index in [0.717, 1.165) is 33.4 Å². The molecule has 0 unspecified atom stereocenters. The van der Waals surface area contributed by atoms with Crippen LogP contribution in [-0.2, 0) is 5.75 Å².